The molecule has 11 amide bonds. The van der Waals surface area contributed by atoms with Crippen molar-refractivity contribution in [3.63, 3.8) is 0 Å². The monoisotopic (exact) mass is 1350 g/mol. The summed E-state index contributed by atoms with van der Waals surface area (Å²) in [5, 5.41) is 10.7. The van der Waals surface area contributed by atoms with Gasteiger partial charge in [0, 0.05) is 66.7 Å². The lowest BCUT2D eigenvalue weighted by molar-refractivity contribution is -0.182. The molecule has 1 spiro atoms. The number of carbonyl (C=O) groups is 11. The lowest BCUT2D eigenvalue weighted by Gasteiger charge is -2.40. The molecule has 532 valence electrons. The molecule has 94 heavy (non-hydrogen) atoms. The maximum Gasteiger partial charge on any atom is 0.393 e. The van der Waals surface area contributed by atoms with Crippen molar-refractivity contribution in [2.45, 2.75) is 262 Å². The van der Waals surface area contributed by atoms with Crippen molar-refractivity contribution in [1.29, 1.82) is 0 Å². The molecule has 4 N–H and O–H groups in total. The van der Waals surface area contributed by atoms with E-state index in [0.717, 1.165) is 43.4 Å². The third-order valence-corrected chi connectivity index (χ3v) is 22.4. The first kappa shape index (κ1) is 77.3. The summed E-state index contributed by atoms with van der Waals surface area (Å²) in [6.45, 7) is 11.9. The van der Waals surface area contributed by atoms with E-state index in [-0.39, 0.29) is 101 Å². The van der Waals surface area contributed by atoms with E-state index < -0.39 is 155 Å². The summed E-state index contributed by atoms with van der Waals surface area (Å²) < 4.78 is 41.9. The second kappa shape index (κ2) is 34.0. The Hall–Kier alpha value is -5.75. The Bertz CT molecular complexity index is 2690. The Morgan fingerprint density at radius 2 is 1.20 bits per heavy atom. The fourth-order valence-electron chi connectivity index (χ4n) is 15.3. The molecule has 0 radical (unpaired) electrons. The average molecular weight is 1350 g/mol. The lowest BCUT2D eigenvalue weighted by atomic mass is 9.78. The summed E-state index contributed by atoms with van der Waals surface area (Å²) in [6, 6.07) is -8.76. The number of fused-ring (bicyclic) bond motifs is 1. The van der Waals surface area contributed by atoms with Crippen LogP contribution >= 0.6 is 11.6 Å². The smallest absolute Gasteiger partial charge is 0.351 e. The first-order valence-electron chi connectivity index (χ1n) is 34.9. The van der Waals surface area contributed by atoms with E-state index >= 15 is 14.4 Å². The number of likely N-dealkylation sites (N-methyl/N-ethyl adjacent to an activating group) is 6. The molecule has 2 saturated heterocycles. The third-order valence-electron chi connectivity index (χ3n) is 21.9. The van der Waals surface area contributed by atoms with Gasteiger partial charge in [0.25, 0.3) is 0 Å². The maximum atomic E-state index is 15.3. The number of hydrogen-bond donors (Lipinski definition) is 4. The van der Waals surface area contributed by atoms with Crippen LogP contribution < -0.4 is 21.3 Å². The van der Waals surface area contributed by atoms with E-state index in [4.69, 9.17) is 11.6 Å². The van der Waals surface area contributed by atoms with Crippen LogP contribution in [-0.2, 0) is 52.7 Å². The summed E-state index contributed by atoms with van der Waals surface area (Å²) in [6.07, 6.45) is 4.81. The molecule has 6 fully saturated rings. The van der Waals surface area contributed by atoms with Gasteiger partial charge in [-0.1, -0.05) is 92.4 Å². The Balaban J connectivity index is 1.37. The van der Waals surface area contributed by atoms with Gasteiger partial charge < -0.3 is 55.6 Å². The minimum Gasteiger partial charge on any atom is -0.351 e. The van der Waals surface area contributed by atoms with Crippen molar-refractivity contribution in [1.82, 2.24) is 55.6 Å². The minimum absolute atomic E-state index is 0.0138. The predicted molar refractivity (Wildman–Crippen MR) is 350 cm³/mol. The molecule has 12 atom stereocenters. The summed E-state index contributed by atoms with van der Waals surface area (Å²) in [5.74, 6) is -8.74. The van der Waals surface area contributed by atoms with Crippen LogP contribution in [0.15, 0.2) is 0 Å². The highest BCUT2D eigenvalue weighted by molar-refractivity contribution is 6.20. The normalized spacial score (nSPS) is 32.3. The number of halogens is 4. The number of carbonyl (C=O) groups excluding carboxylic acids is 11. The molecular formula is C68H111ClF3N11O11. The third kappa shape index (κ3) is 19.5. The van der Waals surface area contributed by atoms with E-state index in [0.29, 0.717) is 44.4 Å². The molecule has 2 aliphatic heterocycles. The number of amides is 11. The van der Waals surface area contributed by atoms with Crippen LogP contribution in [0, 0.1) is 41.4 Å². The van der Waals surface area contributed by atoms with Crippen molar-refractivity contribution in [3.8, 4) is 0 Å². The molecule has 0 aromatic heterocycles. The van der Waals surface area contributed by atoms with Crippen molar-refractivity contribution in [3.05, 3.63) is 0 Å². The van der Waals surface area contributed by atoms with Crippen molar-refractivity contribution < 1.29 is 65.9 Å². The molecule has 4 saturated carbocycles. The second-order valence-electron chi connectivity index (χ2n) is 29.4. The van der Waals surface area contributed by atoms with Crippen LogP contribution in [0.25, 0.3) is 0 Å². The second-order valence-corrected chi connectivity index (χ2v) is 30.0. The number of nitrogens with zero attached hydrogens (tertiary/aromatic N) is 7. The fourth-order valence-corrected chi connectivity index (χ4v) is 15.8. The lowest BCUT2D eigenvalue weighted by Crippen LogP contribution is -2.64. The molecular weight excluding hydrogens is 1240 g/mol. The number of nitrogens with one attached hydrogen (secondary N) is 4. The molecule has 26 heteroatoms. The molecule has 3 unspecified atom stereocenters. The van der Waals surface area contributed by atoms with Crippen LogP contribution in [0.3, 0.4) is 0 Å². The average Bonchev–Trinajstić information content (AvgIpc) is 1.54. The molecule has 0 bridgehead atoms. The molecule has 0 aromatic carbocycles. The van der Waals surface area contributed by atoms with Gasteiger partial charge >= 0.3 is 6.18 Å². The maximum absolute atomic E-state index is 15.3. The van der Waals surface area contributed by atoms with Crippen molar-refractivity contribution in [2.24, 2.45) is 41.4 Å². The van der Waals surface area contributed by atoms with Crippen LogP contribution in [0.2, 0.25) is 0 Å². The van der Waals surface area contributed by atoms with E-state index in [1.807, 2.05) is 20.8 Å². The van der Waals surface area contributed by atoms with Gasteiger partial charge in [-0.15, -0.1) is 11.6 Å². The highest BCUT2D eigenvalue weighted by Crippen LogP contribution is 2.44. The van der Waals surface area contributed by atoms with Gasteiger partial charge in [0.15, 0.2) is 0 Å². The zero-order valence-corrected chi connectivity index (χ0v) is 59.0. The van der Waals surface area contributed by atoms with Gasteiger partial charge in [0.1, 0.15) is 47.8 Å². The topological polar surface area (TPSA) is 259 Å². The van der Waals surface area contributed by atoms with E-state index in [1.54, 1.807) is 20.9 Å². The van der Waals surface area contributed by atoms with E-state index in [1.165, 1.54) is 71.6 Å². The Morgan fingerprint density at radius 1 is 0.596 bits per heavy atom. The van der Waals surface area contributed by atoms with Gasteiger partial charge in [-0.3, -0.25) is 52.7 Å². The van der Waals surface area contributed by atoms with Gasteiger partial charge in [0.05, 0.1) is 19.0 Å². The number of alkyl halides is 4. The van der Waals surface area contributed by atoms with E-state index in [9.17, 15) is 51.5 Å². The van der Waals surface area contributed by atoms with Crippen molar-refractivity contribution in [2.75, 3.05) is 61.9 Å². The standard InChI is InChI=1S/C68H111ClF3N11O11/c1-14-42(5)57-65(93)78(9)38-55(85)77(8)39-56(86)81(12)53(37-46-25-23-41(4)24-26-46)64(92)79(10)44(7)59(87)74-50(30-28-45-27-29-48(49(69)36-45)68(70,71)72)63(91)83-33-19-22-51(83)61(89)76-67(31-17-18-32-67)66(94)82(13)58(47-20-15-16-21-47)62(90)73-43(6)35-54(84)80(11)52(34-40(2)3)60(88)75-57/h40-53,57-58H,14-39H2,1-13H3,(H,73,90)(H,74,87)(H,75,88)(H,76,89)/t41?,42-,43+,44+,45?,46?,48?,49?,50-,51-,52-,53-,57-,58-/m0/s1. The van der Waals surface area contributed by atoms with Gasteiger partial charge in [0.2, 0.25) is 65.0 Å². The Kier molecular flexibility index (Phi) is 27.9. The van der Waals surface area contributed by atoms with Gasteiger partial charge in [-0.2, -0.15) is 13.2 Å². The molecule has 0 aromatic rings. The zero-order valence-electron chi connectivity index (χ0n) is 58.3. The van der Waals surface area contributed by atoms with Gasteiger partial charge in [-0.25, -0.2) is 0 Å². The van der Waals surface area contributed by atoms with Crippen LogP contribution in [-0.4, -0.2) is 227 Å². The molecule has 6 rings (SSSR count). The number of rotatable bonds is 10. The summed E-state index contributed by atoms with van der Waals surface area (Å²) in [5.41, 5.74) is -1.46. The molecule has 6 aliphatic rings. The SMILES string of the molecule is CC[C@H](C)[C@@H]1NC(=O)[C@H](CC(C)C)N(C)C(=O)C[C@@H](C)NC(=O)[C@H](C2CCCC2)N(C)C(=O)C2(CCCC2)NC(=O)[C@@H]2CCCN2C(=O)[C@H](CCC2CCC(C(F)(F)F)C(Cl)C2)NC(=O)[C@@H](C)N(C)C(=O)[C@H](CC2CCC(C)CC2)N(C)C(=O)CN(C)C(=O)CN(C)C1=O. The summed E-state index contributed by atoms with van der Waals surface area (Å²) in [7, 11) is 8.76. The molecule has 2 heterocycles. The Morgan fingerprint density at radius 3 is 1.80 bits per heavy atom. The predicted octanol–water partition coefficient (Wildman–Crippen LogP) is 6.39. The first-order chi connectivity index (χ1) is 44.1. The van der Waals surface area contributed by atoms with Crippen molar-refractivity contribution >= 4 is 76.6 Å². The molecule has 22 nitrogen and oxygen atoms in total. The van der Waals surface area contributed by atoms with Crippen LogP contribution in [0.4, 0.5) is 13.2 Å². The minimum atomic E-state index is -4.50. The fraction of sp³-hybridized carbons (Fsp3) is 0.838. The quantitative estimate of drug-likeness (QED) is 0.174. The highest BCUT2D eigenvalue weighted by atomic mass is 35.5. The first-order valence-corrected chi connectivity index (χ1v) is 35.3. The van der Waals surface area contributed by atoms with Crippen LogP contribution in [0.1, 0.15) is 196 Å². The molecule has 4 aliphatic carbocycles. The number of hydrogen-bond acceptors (Lipinski definition) is 11. The van der Waals surface area contributed by atoms with Crippen LogP contribution in [0.5, 0.6) is 0 Å². The zero-order chi connectivity index (χ0) is 69.8. The largest absolute Gasteiger partial charge is 0.393 e. The summed E-state index contributed by atoms with van der Waals surface area (Å²) in [4.78, 5) is 171. The van der Waals surface area contributed by atoms with Gasteiger partial charge in [-0.05, 0) is 133 Å². The summed E-state index contributed by atoms with van der Waals surface area (Å²) >= 11 is 6.40. The van der Waals surface area contributed by atoms with E-state index in [2.05, 4.69) is 28.2 Å². The Labute approximate surface area is 560 Å². The highest BCUT2D eigenvalue weighted by Gasteiger charge is 2.51.